The molecule has 3 fully saturated rings. The Morgan fingerprint density at radius 1 is 0.476 bits per heavy atom. The molecule has 42 heavy (non-hydrogen) atoms. The van der Waals surface area contributed by atoms with Crippen LogP contribution in [0.5, 0.6) is 0 Å². The fourth-order valence-corrected chi connectivity index (χ4v) is 5.97. The molecule has 0 spiro atoms. The van der Waals surface area contributed by atoms with Crippen molar-refractivity contribution in [1.29, 1.82) is 0 Å². The summed E-state index contributed by atoms with van der Waals surface area (Å²) in [6, 6.07) is 19.9. The zero-order valence-corrected chi connectivity index (χ0v) is 25.7. The number of hydrogen-bond acceptors (Lipinski definition) is 10. The maximum absolute atomic E-state index is 6.76. The molecule has 232 valence electrons. The Morgan fingerprint density at radius 3 is 1.05 bits per heavy atom. The zero-order chi connectivity index (χ0) is 30.2. The van der Waals surface area contributed by atoms with Crippen LogP contribution in [-0.4, -0.2) is 88.2 Å². The Morgan fingerprint density at radius 2 is 0.762 bits per heavy atom. The highest BCUT2D eigenvalue weighted by Gasteiger charge is 2.70. The first-order valence-electron chi connectivity index (χ1n) is 14.3. The minimum atomic E-state index is -1.29. The van der Waals surface area contributed by atoms with Gasteiger partial charge < -0.3 is 47.4 Å². The van der Waals surface area contributed by atoms with Crippen molar-refractivity contribution in [1.82, 2.24) is 0 Å². The maximum atomic E-state index is 6.76. The molecule has 2 aliphatic heterocycles. The second kappa shape index (κ2) is 12.2. The van der Waals surface area contributed by atoms with Crippen molar-refractivity contribution in [2.75, 3.05) is 28.4 Å². The van der Waals surface area contributed by atoms with Gasteiger partial charge in [0.25, 0.3) is 0 Å². The van der Waals surface area contributed by atoms with E-state index in [-0.39, 0.29) is 0 Å². The summed E-state index contributed by atoms with van der Waals surface area (Å²) in [5.41, 5.74) is 2.00. The quantitative estimate of drug-likeness (QED) is 0.402. The smallest absolute Gasteiger partial charge is 0.220 e. The molecular formula is C32H44O10. The molecule has 0 bridgehead atoms. The summed E-state index contributed by atoms with van der Waals surface area (Å²) in [7, 11) is 6.22. The highest BCUT2D eigenvalue weighted by atomic mass is 16.8. The number of rotatable bonds is 10. The number of fused-ring (bicyclic) bond motifs is 3. The average Bonchev–Trinajstić information content (AvgIpc) is 3.02. The first-order chi connectivity index (χ1) is 20.1. The molecule has 3 aliphatic rings. The van der Waals surface area contributed by atoms with E-state index in [1.807, 2.05) is 60.7 Å². The Hall–Kier alpha value is -1.96. The Bertz CT molecular complexity index is 1080. The Balaban J connectivity index is 1.58. The van der Waals surface area contributed by atoms with Gasteiger partial charge in [0.2, 0.25) is 23.1 Å². The van der Waals surface area contributed by atoms with E-state index in [1.54, 1.807) is 56.1 Å². The monoisotopic (exact) mass is 588 g/mol. The van der Waals surface area contributed by atoms with Gasteiger partial charge in [-0.25, -0.2) is 0 Å². The van der Waals surface area contributed by atoms with Gasteiger partial charge in [-0.2, -0.15) is 0 Å². The molecule has 0 unspecified atom stereocenters. The van der Waals surface area contributed by atoms with Crippen LogP contribution in [0.4, 0.5) is 0 Å². The van der Waals surface area contributed by atoms with Gasteiger partial charge in [-0.05, 0) is 38.8 Å². The molecular weight excluding hydrogens is 544 g/mol. The van der Waals surface area contributed by atoms with Crippen molar-refractivity contribution in [2.24, 2.45) is 0 Å². The molecule has 10 atom stereocenters. The van der Waals surface area contributed by atoms with Crippen molar-refractivity contribution in [3.05, 3.63) is 71.8 Å². The van der Waals surface area contributed by atoms with Crippen LogP contribution in [0.25, 0.3) is 0 Å². The third kappa shape index (κ3) is 5.43. The molecule has 0 amide bonds. The van der Waals surface area contributed by atoms with Gasteiger partial charge in [-0.1, -0.05) is 60.7 Å². The predicted octanol–water partition coefficient (Wildman–Crippen LogP) is 4.19. The van der Waals surface area contributed by atoms with E-state index in [4.69, 9.17) is 47.4 Å². The van der Waals surface area contributed by atoms with Crippen molar-refractivity contribution < 1.29 is 47.4 Å². The van der Waals surface area contributed by atoms with Crippen LogP contribution in [0.15, 0.2) is 60.7 Å². The first-order valence-corrected chi connectivity index (χ1v) is 14.3. The SMILES string of the molecule is CO[C@]1(C)O[C@H]2[C@@H]3O[C@@](C)(OC)[C@](C)(OC)O[C@H]3[C@@H](OCc3ccccc3)[C@H](OCc3ccccc3)[C@@H]2O[C@@]1(C)OC. The number of benzene rings is 2. The molecule has 2 saturated heterocycles. The van der Waals surface area contributed by atoms with Crippen LogP contribution in [0.1, 0.15) is 38.8 Å². The zero-order valence-electron chi connectivity index (χ0n) is 25.7. The van der Waals surface area contributed by atoms with Crippen LogP contribution < -0.4 is 0 Å². The molecule has 2 heterocycles. The predicted molar refractivity (Wildman–Crippen MR) is 151 cm³/mol. The fourth-order valence-electron chi connectivity index (χ4n) is 5.97. The molecule has 5 rings (SSSR count). The van der Waals surface area contributed by atoms with Gasteiger partial charge in [-0.15, -0.1) is 0 Å². The highest BCUT2D eigenvalue weighted by Crippen LogP contribution is 2.51. The summed E-state index contributed by atoms with van der Waals surface area (Å²) in [6.45, 7) is 7.74. The molecule has 0 aromatic heterocycles. The summed E-state index contributed by atoms with van der Waals surface area (Å²) in [5.74, 6) is -5.14. The van der Waals surface area contributed by atoms with Crippen molar-refractivity contribution >= 4 is 0 Å². The van der Waals surface area contributed by atoms with E-state index in [0.717, 1.165) is 11.1 Å². The van der Waals surface area contributed by atoms with Gasteiger partial charge in [-0.3, -0.25) is 0 Å². The maximum Gasteiger partial charge on any atom is 0.220 e. The highest BCUT2D eigenvalue weighted by molar-refractivity contribution is 5.16. The fraction of sp³-hybridized carbons (Fsp3) is 0.625. The summed E-state index contributed by atoms with van der Waals surface area (Å²) >= 11 is 0. The van der Waals surface area contributed by atoms with Gasteiger partial charge in [0.1, 0.15) is 36.6 Å². The summed E-state index contributed by atoms with van der Waals surface area (Å²) in [4.78, 5) is 0. The second-order valence-corrected chi connectivity index (χ2v) is 11.5. The lowest BCUT2D eigenvalue weighted by Crippen LogP contribution is -2.80. The Labute approximate surface area is 248 Å². The van der Waals surface area contributed by atoms with E-state index in [9.17, 15) is 0 Å². The lowest BCUT2D eigenvalue weighted by molar-refractivity contribution is -0.512. The number of methoxy groups -OCH3 is 4. The first kappa shape index (κ1) is 31.5. The van der Waals surface area contributed by atoms with Crippen LogP contribution >= 0.6 is 0 Å². The summed E-state index contributed by atoms with van der Waals surface area (Å²) in [5, 5.41) is 0. The van der Waals surface area contributed by atoms with Crippen LogP contribution in [0.3, 0.4) is 0 Å². The van der Waals surface area contributed by atoms with E-state index < -0.39 is 59.8 Å². The molecule has 0 N–H and O–H groups in total. The van der Waals surface area contributed by atoms with E-state index in [2.05, 4.69) is 0 Å². The minimum Gasteiger partial charge on any atom is -0.368 e. The van der Waals surface area contributed by atoms with Crippen LogP contribution in [0.2, 0.25) is 0 Å². The number of ether oxygens (including phenoxy) is 10. The molecule has 1 aliphatic carbocycles. The summed E-state index contributed by atoms with van der Waals surface area (Å²) < 4.78 is 63.8. The Kier molecular flexibility index (Phi) is 9.14. The second-order valence-electron chi connectivity index (χ2n) is 11.5. The molecule has 10 heteroatoms. The van der Waals surface area contributed by atoms with E-state index in [0.29, 0.717) is 13.2 Å². The minimum absolute atomic E-state index is 0.310. The van der Waals surface area contributed by atoms with Gasteiger partial charge in [0.15, 0.2) is 0 Å². The molecule has 2 aromatic rings. The van der Waals surface area contributed by atoms with Crippen molar-refractivity contribution in [3.63, 3.8) is 0 Å². The molecule has 2 aromatic carbocycles. The molecule has 0 radical (unpaired) electrons. The lowest BCUT2D eigenvalue weighted by atomic mass is 9.80. The summed E-state index contributed by atoms with van der Waals surface area (Å²) in [6.07, 6.45) is -4.13. The topological polar surface area (TPSA) is 92.3 Å². The third-order valence-electron chi connectivity index (χ3n) is 9.17. The van der Waals surface area contributed by atoms with Crippen LogP contribution in [-0.2, 0) is 60.6 Å². The van der Waals surface area contributed by atoms with Gasteiger partial charge in [0.05, 0.1) is 13.2 Å². The van der Waals surface area contributed by atoms with Crippen molar-refractivity contribution in [2.45, 2.75) is 101 Å². The van der Waals surface area contributed by atoms with Crippen LogP contribution in [0, 0.1) is 0 Å². The van der Waals surface area contributed by atoms with E-state index in [1.165, 1.54) is 0 Å². The van der Waals surface area contributed by atoms with Gasteiger partial charge >= 0.3 is 0 Å². The average molecular weight is 589 g/mol. The standard InChI is InChI=1S/C32H44O10/c1-29(33-5)31(3,35-7)41-27-25(39-29)23(37-19-21-15-11-9-12-16-21)24(38-20-22-17-13-10-14-18-22)26-28(27)42-32(4,36-8)30(2,34-6)40-26/h9-18,23-28H,19-20H2,1-8H3/t23-,24-,25-,26-,27+,28+,29+,30+,31+,32+/m0/s1. The van der Waals surface area contributed by atoms with Gasteiger partial charge in [0, 0.05) is 28.4 Å². The van der Waals surface area contributed by atoms with Crippen molar-refractivity contribution in [3.8, 4) is 0 Å². The third-order valence-corrected chi connectivity index (χ3v) is 9.17. The van der Waals surface area contributed by atoms with E-state index >= 15 is 0 Å². The normalized spacial score (nSPS) is 41.6. The largest absolute Gasteiger partial charge is 0.368 e. The molecule has 1 saturated carbocycles. The molecule has 10 nitrogen and oxygen atoms in total. The number of hydrogen-bond donors (Lipinski definition) is 0. The lowest BCUT2D eigenvalue weighted by Gasteiger charge is -2.62.